The summed E-state index contributed by atoms with van der Waals surface area (Å²) in [5.41, 5.74) is 1.15. The van der Waals surface area contributed by atoms with Crippen molar-refractivity contribution in [3.05, 3.63) is 22.3 Å². The first-order valence-corrected chi connectivity index (χ1v) is 8.72. The minimum atomic E-state index is 0.522. The number of nitrogens with one attached hydrogen (secondary N) is 1. The normalized spacial score (nSPS) is 23.2. The van der Waals surface area contributed by atoms with Crippen LogP contribution < -0.4 is 10.1 Å². The number of pyridine rings is 1. The zero-order chi connectivity index (χ0) is 14.7. The van der Waals surface area contributed by atoms with Crippen molar-refractivity contribution in [1.29, 1.82) is 0 Å². The molecule has 0 spiro atoms. The molecule has 4 nitrogen and oxygen atoms in total. The highest BCUT2D eigenvalue weighted by Gasteiger charge is 2.22. The fourth-order valence-corrected chi connectivity index (χ4v) is 3.18. The summed E-state index contributed by atoms with van der Waals surface area (Å²) in [6.45, 7) is 2.76. The molecule has 1 aromatic rings. The Labute approximate surface area is 135 Å². The van der Waals surface area contributed by atoms with Crippen LogP contribution in [0.5, 0.6) is 5.88 Å². The van der Waals surface area contributed by atoms with Crippen LogP contribution in [0.2, 0.25) is 0 Å². The van der Waals surface area contributed by atoms with E-state index in [1.807, 2.05) is 6.20 Å². The molecule has 1 unspecified atom stereocenters. The van der Waals surface area contributed by atoms with Gasteiger partial charge in [-0.25, -0.2) is 4.98 Å². The Morgan fingerprint density at radius 3 is 3.00 bits per heavy atom. The predicted molar refractivity (Wildman–Crippen MR) is 87.6 cm³/mol. The third-order valence-corrected chi connectivity index (χ3v) is 4.82. The highest BCUT2D eigenvalue weighted by atomic mass is 79.9. The molecule has 0 bridgehead atoms. The Morgan fingerprint density at radius 1 is 1.38 bits per heavy atom. The predicted octanol–water partition coefficient (Wildman–Crippen LogP) is 2.96. The highest BCUT2D eigenvalue weighted by Crippen LogP contribution is 2.24. The Hall–Kier alpha value is -0.650. The summed E-state index contributed by atoms with van der Waals surface area (Å²) in [5.74, 6) is 0.783. The second kappa shape index (κ2) is 7.07. The molecule has 1 saturated carbocycles. The molecule has 1 atom stereocenters. The fraction of sp³-hybridized carbons (Fsp3) is 0.688. The maximum atomic E-state index is 6.04. The van der Waals surface area contributed by atoms with Gasteiger partial charge in [-0.2, -0.15) is 0 Å². The summed E-state index contributed by atoms with van der Waals surface area (Å²) >= 11 is 3.50. The molecule has 0 amide bonds. The quantitative estimate of drug-likeness (QED) is 0.852. The smallest absolute Gasteiger partial charge is 0.217 e. The fourth-order valence-electron chi connectivity index (χ4n) is 2.80. The first-order chi connectivity index (χ1) is 10.2. The van der Waals surface area contributed by atoms with Crippen LogP contribution in [0.3, 0.4) is 0 Å². The summed E-state index contributed by atoms with van der Waals surface area (Å²) in [6.07, 6.45) is 8.25. The van der Waals surface area contributed by atoms with E-state index in [4.69, 9.17) is 4.74 Å². The molecule has 0 aromatic carbocycles. The van der Waals surface area contributed by atoms with Crippen LogP contribution in [0.4, 0.5) is 0 Å². The Morgan fingerprint density at radius 2 is 2.24 bits per heavy atom. The molecule has 1 aliphatic carbocycles. The Bertz CT molecular complexity index is 479. The number of ether oxygens (including phenoxy) is 1. The number of rotatable bonds is 6. The second-order valence-corrected chi connectivity index (χ2v) is 7.13. The van der Waals surface area contributed by atoms with E-state index < -0.39 is 0 Å². The average molecular weight is 354 g/mol. The molecule has 2 aliphatic rings. The van der Waals surface area contributed by atoms with E-state index in [-0.39, 0.29) is 0 Å². The number of nitrogens with zero attached hydrogens (tertiary/aromatic N) is 2. The molecule has 5 heteroatoms. The van der Waals surface area contributed by atoms with Gasteiger partial charge in [-0.05, 0) is 61.3 Å². The van der Waals surface area contributed by atoms with E-state index >= 15 is 0 Å². The minimum Gasteiger partial charge on any atom is -0.476 e. The van der Waals surface area contributed by atoms with Crippen LogP contribution in [-0.4, -0.2) is 42.2 Å². The Kier molecular flexibility index (Phi) is 5.14. The molecular formula is C16H24BrN3O. The molecule has 1 N–H and O–H groups in total. The van der Waals surface area contributed by atoms with Crippen LogP contribution >= 0.6 is 15.9 Å². The average Bonchev–Trinajstić information content (AvgIpc) is 3.30. The van der Waals surface area contributed by atoms with E-state index in [9.17, 15) is 0 Å². The van der Waals surface area contributed by atoms with Crippen LogP contribution in [0.25, 0.3) is 0 Å². The number of hydrogen-bond acceptors (Lipinski definition) is 4. The third kappa shape index (κ3) is 4.41. The number of piperidine rings is 1. The van der Waals surface area contributed by atoms with Gasteiger partial charge in [0.2, 0.25) is 5.88 Å². The van der Waals surface area contributed by atoms with E-state index in [0.717, 1.165) is 29.1 Å². The molecule has 21 heavy (non-hydrogen) atoms. The van der Waals surface area contributed by atoms with Gasteiger partial charge in [-0.1, -0.05) is 6.42 Å². The first kappa shape index (κ1) is 15.3. The summed E-state index contributed by atoms with van der Waals surface area (Å²) in [4.78, 5) is 6.87. The molecule has 116 valence electrons. The van der Waals surface area contributed by atoms with Crippen molar-refractivity contribution in [3.8, 4) is 5.88 Å². The zero-order valence-corrected chi connectivity index (χ0v) is 14.2. The lowest BCUT2D eigenvalue weighted by atomic mass is 10.0. The Balaban J connectivity index is 1.60. The van der Waals surface area contributed by atoms with Crippen LogP contribution in [0.1, 0.15) is 37.7 Å². The topological polar surface area (TPSA) is 37.4 Å². The van der Waals surface area contributed by atoms with Gasteiger partial charge < -0.3 is 15.0 Å². The largest absolute Gasteiger partial charge is 0.476 e. The standard InChI is InChI=1S/C16H24BrN3O/c1-20-7-3-2-4-15(20)11-21-16-12(8-13(17)10-19-16)9-18-14-5-6-14/h8,10,14-15,18H,2-7,9,11H2,1H3. The molecule has 2 fully saturated rings. The van der Waals surface area contributed by atoms with Crippen LogP contribution in [0.15, 0.2) is 16.7 Å². The van der Waals surface area contributed by atoms with Crippen molar-refractivity contribution < 1.29 is 4.74 Å². The minimum absolute atomic E-state index is 0.522. The molecule has 2 heterocycles. The lowest BCUT2D eigenvalue weighted by Crippen LogP contribution is -2.40. The summed E-state index contributed by atoms with van der Waals surface area (Å²) in [5, 5.41) is 3.54. The van der Waals surface area contributed by atoms with Gasteiger partial charge in [0.25, 0.3) is 0 Å². The van der Waals surface area contributed by atoms with Gasteiger partial charge in [0, 0.05) is 34.9 Å². The number of likely N-dealkylation sites (tertiary alicyclic amines) is 1. The summed E-state index contributed by atoms with van der Waals surface area (Å²) in [7, 11) is 2.19. The third-order valence-electron chi connectivity index (χ3n) is 4.38. The van der Waals surface area contributed by atoms with Gasteiger partial charge in [-0.15, -0.1) is 0 Å². The van der Waals surface area contributed by atoms with Gasteiger partial charge in [0.1, 0.15) is 6.61 Å². The molecule has 3 rings (SSSR count). The summed E-state index contributed by atoms with van der Waals surface area (Å²) < 4.78 is 7.05. The zero-order valence-electron chi connectivity index (χ0n) is 12.6. The lowest BCUT2D eigenvalue weighted by Gasteiger charge is -2.32. The molecule has 1 aromatic heterocycles. The van der Waals surface area contributed by atoms with Gasteiger partial charge in [-0.3, -0.25) is 0 Å². The van der Waals surface area contributed by atoms with E-state index in [1.165, 1.54) is 38.6 Å². The molecule has 0 radical (unpaired) electrons. The molecular weight excluding hydrogens is 330 g/mol. The summed E-state index contributed by atoms with van der Waals surface area (Å²) in [6, 6.07) is 3.33. The van der Waals surface area contributed by atoms with E-state index in [0.29, 0.717) is 12.1 Å². The number of halogens is 1. The number of hydrogen-bond donors (Lipinski definition) is 1. The van der Waals surface area contributed by atoms with Crippen molar-refractivity contribution in [3.63, 3.8) is 0 Å². The second-order valence-electron chi connectivity index (χ2n) is 6.21. The van der Waals surface area contributed by atoms with Crippen molar-refractivity contribution >= 4 is 15.9 Å². The molecule has 1 aliphatic heterocycles. The van der Waals surface area contributed by atoms with Crippen molar-refractivity contribution in [2.24, 2.45) is 0 Å². The number of aromatic nitrogens is 1. The van der Waals surface area contributed by atoms with Crippen molar-refractivity contribution in [2.45, 2.75) is 50.7 Å². The van der Waals surface area contributed by atoms with Gasteiger partial charge >= 0.3 is 0 Å². The van der Waals surface area contributed by atoms with Crippen LogP contribution in [0, 0.1) is 0 Å². The molecule has 1 saturated heterocycles. The maximum Gasteiger partial charge on any atom is 0.217 e. The monoisotopic (exact) mass is 353 g/mol. The van der Waals surface area contributed by atoms with E-state index in [2.05, 4.69) is 44.2 Å². The van der Waals surface area contributed by atoms with Crippen molar-refractivity contribution in [2.75, 3.05) is 20.2 Å². The van der Waals surface area contributed by atoms with Crippen LogP contribution in [-0.2, 0) is 6.54 Å². The number of likely N-dealkylation sites (N-methyl/N-ethyl adjacent to an activating group) is 1. The van der Waals surface area contributed by atoms with E-state index in [1.54, 1.807) is 0 Å². The van der Waals surface area contributed by atoms with Gasteiger partial charge in [0.05, 0.1) is 0 Å². The SMILES string of the molecule is CN1CCCCC1COc1ncc(Br)cc1CNC1CC1. The maximum absolute atomic E-state index is 6.04. The highest BCUT2D eigenvalue weighted by molar-refractivity contribution is 9.10. The first-order valence-electron chi connectivity index (χ1n) is 7.93. The van der Waals surface area contributed by atoms with Crippen molar-refractivity contribution in [1.82, 2.24) is 15.2 Å². The lowest BCUT2D eigenvalue weighted by molar-refractivity contribution is 0.122. The van der Waals surface area contributed by atoms with Gasteiger partial charge in [0.15, 0.2) is 0 Å².